The number of rotatable bonds is 4. The van der Waals surface area contributed by atoms with E-state index in [4.69, 9.17) is 16.0 Å². The Morgan fingerprint density at radius 3 is 2.70 bits per heavy atom. The molecule has 1 aliphatic heterocycles. The van der Waals surface area contributed by atoms with Gasteiger partial charge in [0.25, 0.3) is 5.91 Å². The Morgan fingerprint density at radius 1 is 1.19 bits per heavy atom. The van der Waals surface area contributed by atoms with E-state index in [1.54, 1.807) is 18.2 Å². The molecule has 1 aliphatic rings. The molecule has 0 radical (unpaired) electrons. The van der Waals surface area contributed by atoms with Gasteiger partial charge in [0.2, 0.25) is 17.7 Å². The lowest BCUT2D eigenvalue weighted by Crippen LogP contribution is -2.36. The minimum Gasteiger partial charge on any atom is -0.419 e. The van der Waals surface area contributed by atoms with Crippen molar-refractivity contribution in [1.29, 1.82) is 0 Å². The summed E-state index contributed by atoms with van der Waals surface area (Å²) in [5.41, 5.74) is 1.98. The third kappa shape index (κ3) is 3.17. The van der Waals surface area contributed by atoms with Gasteiger partial charge in [0.15, 0.2) is 0 Å². The van der Waals surface area contributed by atoms with E-state index in [0.29, 0.717) is 22.2 Å². The van der Waals surface area contributed by atoms with Crippen molar-refractivity contribution in [3.63, 3.8) is 0 Å². The maximum absolute atomic E-state index is 12.9. The highest BCUT2D eigenvalue weighted by molar-refractivity contribution is 6.34. The van der Waals surface area contributed by atoms with Crippen LogP contribution < -0.4 is 10.2 Å². The first kappa shape index (κ1) is 17.2. The summed E-state index contributed by atoms with van der Waals surface area (Å²) in [5.74, 6) is 0.0460. The second-order valence-corrected chi connectivity index (χ2v) is 6.51. The first-order valence-electron chi connectivity index (χ1n) is 8.29. The van der Waals surface area contributed by atoms with E-state index in [2.05, 4.69) is 15.5 Å². The molecule has 2 aromatic carbocycles. The first-order chi connectivity index (χ1) is 13.0. The Labute approximate surface area is 160 Å². The molecule has 1 aromatic heterocycles. The fourth-order valence-corrected chi connectivity index (χ4v) is 3.38. The van der Waals surface area contributed by atoms with Crippen LogP contribution in [-0.2, 0) is 16.1 Å². The molecule has 7 nitrogen and oxygen atoms in total. The number of carbonyl (C=O) groups excluding carboxylic acids is 2. The highest BCUT2D eigenvalue weighted by Crippen LogP contribution is 2.41. The Kier molecular flexibility index (Phi) is 4.37. The van der Waals surface area contributed by atoms with E-state index >= 15 is 0 Å². The number of amides is 2. The van der Waals surface area contributed by atoms with E-state index in [9.17, 15) is 9.59 Å². The molecule has 0 saturated heterocycles. The van der Waals surface area contributed by atoms with Crippen LogP contribution in [0.3, 0.4) is 0 Å². The molecule has 2 heterocycles. The highest BCUT2D eigenvalue weighted by atomic mass is 35.5. The van der Waals surface area contributed by atoms with Gasteiger partial charge in [0.1, 0.15) is 12.6 Å². The summed E-state index contributed by atoms with van der Waals surface area (Å²) in [4.78, 5) is 25.9. The minimum absolute atomic E-state index is 0.0610. The number of hydrogen-bond donors (Lipinski definition) is 1. The molecule has 0 spiro atoms. The second-order valence-electron chi connectivity index (χ2n) is 6.10. The number of halogens is 1. The number of carbonyl (C=O) groups is 2. The maximum atomic E-state index is 12.9. The van der Waals surface area contributed by atoms with Crippen molar-refractivity contribution in [2.24, 2.45) is 0 Å². The number of hydrogen-bond acceptors (Lipinski definition) is 5. The molecular formula is C19H15ClN4O3. The highest BCUT2D eigenvalue weighted by Gasteiger charge is 2.40. The topological polar surface area (TPSA) is 88.3 Å². The Balaban J connectivity index is 1.66. The van der Waals surface area contributed by atoms with Gasteiger partial charge in [0, 0.05) is 18.1 Å². The number of nitrogens with one attached hydrogen (secondary N) is 1. The molecule has 0 bridgehead atoms. The summed E-state index contributed by atoms with van der Waals surface area (Å²) in [7, 11) is 0. The van der Waals surface area contributed by atoms with Crippen LogP contribution in [0.25, 0.3) is 11.5 Å². The van der Waals surface area contributed by atoms with Gasteiger partial charge < -0.3 is 9.73 Å². The summed E-state index contributed by atoms with van der Waals surface area (Å²) in [6, 6.07) is 13.8. The third-order valence-corrected chi connectivity index (χ3v) is 4.55. The largest absolute Gasteiger partial charge is 0.419 e. The number of fused-ring (bicyclic) bond motifs is 1. The van der Waals surface area contributed by atoms with Crippen LogP contribution >= 0.6 is 11.6 Å². The van der Waals surface area contributed by atoms with Crippen LogP contribution in [0.15, 0.2) is 52.9 Å². The third-order valence-electron chi connectivity index (χ3n) is 4.24. The second kappa shape index (κ2) is 6.85. The summed E-state index contributed by atoms with van der Waals surface area (Å²) in [6.07, 6.45) is 0. The lowest BCUT2D eigenvalue weighted by atomic mass is 10.1. The molecule has 0 aliphatic carbocycles. The van der Waals surface area contributed by atoms with Crippen molar-refractivity contribution in [1.82, 2.24) is 15.5 Å². The Hall–Kier alpha value is -3.19. The number of para-hydroxylation sites is 1. The van der Waals surface area contributed by atoms with Crippen LogP contribution in [0.2, 0.25) is 5.02 Å². The van der Waals surface area contributed by atoms with Gasteiger partial charge in [-0.1, -0.05) is 41.9 Å². The van der Waals surface area contributed by atoms with Gasteiger partial charge in [-0.2, -0.15) is 0 Å². The van der Waals surface area contributed by atoms with E-state index in [1.165, 1.54) is 11.8 Å². The van der Waals surface area contributed by atoms with E-state index in [1.807, 2.05) is 30.3 Å². The molecule has 3 aromatic rings. The fraction of sp³-hybridized carbons (Fsp3) is 0.158. The zero-order valence-electron chi connectivity index (χ0n) is 14.3. The summed E-state index contributed by atoms with van der Waals surface area (Å²) >= 11 is 6.33. The number of anilines is 1. The average molecular weight is 383 g/mol. The predicted molar refractivity (Wildman–Crippen MR) is 98.9 cm³/mol. The molecule has 1 N–H and O–H groups in total. The van der Waals surface area contributed by atoms with Crippen molar-refractivity contribution in [2.75, 3.05) is 4.90 Å². The SMILES string of the molecule is CC(=O)N[C@@H]1C(=O)N(Cc2nnc(-c3ccccc3)o2)c2c(Cl)cccc21. The van der Waals surface area contributed by atoms with Gasteiger partial charge in [-0.05, 0) is 18.2 Å². The van der Waals surface area contributed by atoms with Gasteiger partial charge in [0.05, 0.1) is 10.7 Å². The quantitative estimate of drug-likeness (QED) is 0.749. The Bertz CT molecular complexity index is 1020. The normalized spacial score (nSPS) is 15.7. The molecule has 0 saturated carbocycles. The van der Waals surface area contributed by atoms with Gasteiger partial charge in [-0.3, -0.25) is 14.5 Å². The van der Waals surface area contributed by atoms with Crippen LogP contribution in [0.5, 0.6) is 0 Å². The van der Waals surface area contributed by atoms with Crippen molar-refractivity contribution in [2.45, 2.75) is 19.5 Å². The maximum Gasteiger partial charge on any atom is 0.254 e. The Morgan fingerprint density at radius 2 is 1.96 bits per heavy atom. The van der Waals surface area contributed by atoms with E-state index < -0.39 is 6.04 Å². The smallest absolute Gasteiger partial charge is 0.254 e. The predicted octanol–water partition coefficient (Wildman–Crippen LogP) is 3.11. The van der Waals surface area contributed by atoms with Crippen molar-refractivity contribution in [3.8, 4) is 11.5 Å². The van der Waals surface area contributed by atoms with Crippen molar-refractivity contribution in [3.05, 3.63) is 65.0 Å². The fourth-order valence-electron chi connectivity index (χ4n) is 3.10. The number of benzene rings is 2. The number of aromatic nitrogens is 2. The summed E-state index contributed by atoms with van der Waals surface area (Å²) < 4.78 is 5.70. The van der Waals surface area contributed by atoms with E-state index in [-0.39, 0.29) is 24.2 Å². The molecule has 0 fully saturated rings. The molecule has 136 valence electrons. The summed E-state index contributed by atoms with van der Waals surface area (Å²) in [5, 5.41) is 11.2. The van der Waals surface area contributed by atoms with Crippen LogP contribution in [0.1, 0.15) is 24.4 Å². The van der Waals surface area contributed by atoms with Gasteiger partial charge >= 0.3 is 0 Å². The molecule has 2 amide bonds. The molecule has 4 rings (SSSR count). The van der Waals surface area contributed by atoms with Crippen LogP contribution in [0.4, 0.5) is 5.69 Å². The van der Waals surface area contributed by atoms with Crippen molar-refractivity contribution < 1.29 is 14.0 Å². The summed E-state index contributed by atoms with van der Waals surface area (Å²) in [6.45, 7) is 1.43. The zero-order chi connectivity index (χ0) is 19.0. The monoisotopic (exact) mass is 382 g/mol. The molecular weight excluding hydrogens is 368 g/mol. The molecule has 1 atom stereocenters. The lowest BCUT2D eigenvalue weighted by Gasteiger charge is -2.16. The zero-order valence-corrected chi connectivity index (χ0v) is 15.1. The molecule has 8 heteroatoms. The molecule has 27 heavy (non-hydrogen) atoms. The van der Waals surface area contributed by atoms with Crippen LogP contribution in [0, 0.1) is 0 Å². The standard InChI is InChI=1S/C19H15ClN4O3/c1-11(25)21-16-13-8-5-9-14(20)17(13)24(19(16)26)10-15-22-23-18(27-15)12-6-3-2-4-7-12/h2-9,16H,10H2,1H3,(H,21,25)/t16-/m0/s1. The van der Waals surface area contributed by atoms with E-state index in [0.717, 1.165) is 5.56 Å². The lowest BCUT2D eigenvalue weighted by molar-refractivity contribution is -0.126. The van der Waals surface area contributed by atoms with Crippen LogP contribution in [-0.4, -0.2) is 22.0 Å². The molecule has 0 unspecified atom stereocenters. The van der Waals surface area contributed by atoms with Gasteiger partial charge in [-0.25, -0.2) is 0 Å². The van der Waals surface area contributed by atoms with Crippen molar-refractivity contribution >= 4 is 29.1 Å². The average Bonchev–Trinajstić information content (AvgIpc) is 3.22. The number of nitrogens with zero attached hydrogens (tertiary/aromatic N) is 3. The minimum atomic E-state index is -0.785. The van der Waals surface area contributed by atoms with Gasteiger partial charge in [-0.15, -0.1) is 10.2 Å². The first-order valence-corrected chi connectivity index (χ1v) is 8.67.